The predicted octanol–water partition coefficient (Wildman–Crippen LogP) is 1.92. The number of furan rings is 1. The Balaban J connectivity index is 2.00. The molecule has 0 fully saturated rings. The first-order chi connectivity index (χ1) is 9.20. The Morgan fingerprint density at radius 3 is 2.63 bits per heavy atom. The van der Waals surface area contributed by atoms with Gasteiger partial charge in [-0.05, 0) is 25.0 Å². The van der Waals surface area contributed by atoms with E-state index in [1.165, 1.54) is 6.26 Å². The number of hydrogen-bond acceptors (Lipinski definition) is 3. The second-order valence-electron chi connectivity index (χ2n) is 4.43. The molecule has 2 rings (SSSR count). The third-order valence-electron chi connectivity index (χ3n) is 2.98. The lowest BCUT2D eigenvalue weighted by Crippen LogP contribution is -2.39. The fraction of sp³-hybridized carbons (Fsp3) is 0.267. The molecule has 1 unspecified atom stereocenters. The number of carbonyl (C=O) groups excluding carboxylic acids is 1. The van der Waals surface area contributed by atoms with Crippen molar-refractivity contribution in [2.45, 2.75) is 19.4 Å². The molecule has 0 bridgehead atoms. The van der Waals surface area contributed by atoms with Crippen LogP contribution in [0.2, 0.25) is 0 Å². The van der Waals surface area contributed by atoms with Gasteiger partial charge in [-0.2, -0.15) is 0 Å². The molecule has 0 saturated carbocycles. The molecule has 1 amide bonds. The van der Waals surface area contributed by atoms with Crippen LogP contribution in [-0.4, -0.2) is 23.7 Å². The Morgan fingerprint density at radius 1 is 1.32 bits per heavy atom. The van der Waals surface area contributed by atoms with E-state index in [1.807, 2.05) is 30.3 Å². The second-order valence-corrected chi connectivity index (χ2v) is 4.43. The van der Waals surface area contributed by atoms with Gasteiger partial charge in [-0.1, -0.05) is 30.3 Å². The summed E-state index contributed by atoms with van der Waals surface area (Å²) in [6.07, 6.45) is 2.08. The van der Waals surface area contributed by atoms with Gasteiger partial charge in [0.2, 0.25) is 0 Å². The zero-order chi connectivity index (χ0) is 13.7. The van der Waals surface area contributed by atoms with Crippen LogP contribution >= 0.6 is 0 Å². The number of carbonyl (C=O) groups is 1. The molecule has 2 aromatic rings. The number of rotatable bonds is 5. The van der Waals surface area contributed by atoms with E-state index in [2.05, 4.69) is 5.32 Å². The van der Waals surface area contributed by atoms with E-state index in [9.17, 15) is 9.90 Å². The number of benzene rings is 1. The molecule has 0 spiro atoms. The van der Waals surface area contributed by atoms with Gasteiger partial charge in [0.05, 0.1) is 24.5 Å². The Morgan fingerprint density at radius 2 is 2.05 bits per heavy atom. The van der Waals surface area contributed by atoms with Crippen LogP contribution in [0.25, 0.3) is 0 Å². The largest absolute Gasteiger partial charge is 0.469 e. The lowest BCUT2D eigenvalue weighted by molar-refractivity contribution is 0.0915. The summed E-state index contributed by atoms with van der Waals surface area (Å²) in [5.41, 5.74) is 1.58. The second kappa shape index (κ2) is 6.20. The molecule has 0 aliphatic rings. The molecular formula is C15H17NO3. The minimum absolute atomic E-state index is 0.0997. The molecule has 100 valence electrons. The fourth-order valence-electron chi connectivity index (χ4n) is 1.94. The van der Waals surface area contributed by atoms with Crippen LogP contribution in [0.5, 0.6) is 0 Å². The molecule has 0 aliphatic carbocycles. The zero-order valence-electron chi connectivity index (χ0n) is 10.8. The number of hydrogen-bond donors (Lipinski definition) is 2. The maximum absolute atomic E-state index is 12.0. The quantitative estimate of drug-likeness (QED) is 0.862. The highest BCUT2D eigenvalue weighted by Gasteiger charge is 2.16. The molecule has 4 nitrogen and oxygen atoms in total. The van der Waals surface area contributed by atoms with Crippen molar-refractivity contribution in [2.75, 3.05) is 6.61 Å². The van der Waals surface area contributed by atoms with Gasteiger partial charge in [0.25, 0.3) is 5.91 Å². The van der Waals surface area contributed by atoms with E-state index in [-0.39, 0.29) is 18.6 Å². The Kier molecular flexibility index (Phi) is 4.36. The number of nitrogens with one attached hydrogen (secondary N) is 1. The van der Waals surface area contributed by atoms with Crippen LogP contribution in [-0.2, 0) is 6.42 Å². The highest BCUT2D eigenvalue weighted by atomic mass is 16.3. The monoisotopic (exact) mass is 259 g/mol. The standard InChI is InChI=1S/C15H17NO3/c1-11-14(7-8-19-11)15(18)16-13(10-17)9-12-5-3-2-4-6-12/h2-8,13,17H,9-10H2,1H3,(H,16,18). The summed E-state index contributed by atoms with van der Waals surface area (Å²) in [6.45, 7) is 1.64. The fourth-order valence-corrected chi connectivity index (χ4v) is 1.94. The molecule has 19 heavy (non-hydrogen) atoms. The van der Waals surface area contributed by atoms with Crippen molar-refractivity contribution in [1.82, 2.24) is 5.32 Å². The van der Waals surface area contributed by atoms with Crippen molar-refractivity contribution >= 4 is 5.91 Å². The molecule has 1 aromatic heterocycles. The molecule has 2 N–H and O–H groups in total. The molecule has 1 atom stereocenters. The summed E-state index contributed by atoms with van der Waals surface area (Å²) in [5.74, 6) is 0.357. The van der Waals surface area contributed by atoms with E-state index < -0.39 is 0 Å². The summed E-state index contributed by atoms with van der Waals surface area (Å²) < 4.78 is 5.10. The topological polar surface area (TPSA) is 62.5 Å². The maximum Gasteiger partial charge on any atom is 0.255 e. The zero-order valence-corrected chi connectivity index (χ0v) is 10.8. The molecule has 0 saturated heterocycles. The van der Waals surface area contributed by atoms with Crippen molar-refractivity contribution in [1.29, 1.82) is 0 Å². The smallest absolute Gasteiger partial charge is 0.255 e. The van der Waals surface area contributed by atoms with Crippen LogP contribution < -0.4 is 5.32 Å². The van der Waals surface area contributed by atoms with E-state index in [0.717, 1.165) is 5.56 Å². The van der Waals surface area contributed by atoms with Crippen LogP contribution in [0.15, 0.2) is 47.1 Å². The van der Waals surface area contributed by atoms with Crippen molar-refractivity contribution in [2.24, 2.45) is 0 Å². The average molecular weight is 259 g/mol. The predicted molar refractivity (Wildman–Crippen MR) is 71.9 cm³/mol. The molecule has 4 heteroatoms. The summed E-state index contributed by atoms with van der Waals surface area (Å²) in [4.78, 5) is 12.0. The van der Waals surface area contributed by atoms with Gasteiger partial charge in [0, 0.05) is 0 Å². The SMILES string of the molecule is Cc1occc1C(=O)NC(CO)Cc1ccccc1. The van der Waals surface area contributed by atoms with Crippen molar-refractivity contribution in [3.05, 3.63) is 59.5 Å². The summed E-state index contributed by atoms with van der Waals surface area (Å²) in [7, 11) is 0. The molecule has 0 aliphatic heterocycles. The molecule has 1 aromatic carbocycles. The average Bonchev–Trinajstić information content (AvgIpc) is 2.85. The Hall–Kier alpha value is -2.07. The van der Waals surface area contributed by atoms with Crippen molar-refractivity contribution < 1.29 is 14.3 Å². The highest BCUT2D eigenvalue weighted by molar-refractivity contribution is 5.95. The lowest BCUT2D eigenvalue weighted by atomic mass is 10.1. The van der Waals surface area contributed by atoms with E-state index in [0.29, 0.717) is 17.7 Å². The minimum atomic E-state index is -0.302. The number of aliphatic hydroxyl groups excluding tert-OH is 1. The van der Waals surface area contributed by atoms with E-state index >= 15 is 0 Å². The van der Waals surface area contributed by atoms with Gasteiger partial charge in [0.1, 0.15) is 5.76 Å². The van der Waals surface area contributed by atoms with Gasteiger partial charge in [-0.25, -0.2) is 0 Å². The minimum Gasteiger partial charge on any atom is -0.469 e. The number of aryl methyl sites for hydroxylation is 1. The van der Waals surface area contributed by atoms with Gasteiger partial charge < -0.3 is 14.8 Å². The van der Waals surface area contributed by atoms with Gasteiger partial charge >= 0.3 is 0 Å². The van der Waals surface area contributed by atoms with Crippen LogP contribution in [0.1, 0.15) is 21.7 Å². The highest BCUT2D eigenvalue weighted by Crippen LogP contribution is 2.09. The van der Waals surface area contributed by atoms with Crippen LogP contribution in [0.4, 0.5) is 0 Å². The first-order valence-corrected chi connectivity index (χ1v) is 6.20. The Labute approximate surface area is 112 Å². The lowest BCUT2D eigenvalue weighted by Gasteiger charge is -2.16. The molecular weight excluding hydrogens is 242 g/mol. The summed E-state index contributed by atoms with van der Waals surface area (Å²) in [6, 6.07) is 11.1. The number of aliphatic hydroxyl groups is 1. The summed E-state index contributed by atoms with van der Waals surface area (Å²) >= 11 is 0. The van der Waals surface area contributed by atoms with E-state index in [4.69, 9.17) is 4.42 Å². The first kappa shape index (κ1) is 13.4. The van der Waals surface area contributed by atoms with Crippen molar-refractivity contribution in [3.8, 4) is 0 Å². The van der Waals surface area contributed by atoms with E-state index in [1.54, 1.807) is 13.0 Å². The van der Waals surface area contributed by atoms with Gasteiger partial charge in [-0.15, -0.1) is 0 Å². The maximum atomic E-state index is 12.0. The van der Waals surface area contributed by atoms with Crippen molar-refractivity contribution in [3.63, 3.8) is 0 Å². The van der Waals surface area contributed by atoms with Gasteiger partial charge in [0.15, 0.2) is 0 Å². The van der Waals surface area contributed by atoms with Gasteiger partial charge in [-0.3, -0.25) is 4.79 Å². The third-order valence-corrected chi connectivity index (χ3v) is 2.98. The Bertz CT molecular complexity index is 533. The third kappa shape index (κ3) is 3.45. The molecule has 1 heterocycles. The normalized spacial score (nSPS) is 12.1. The van der Waals surface area contributed by atoms with Crippen LogP contribution in [0, 0.1) is 6.92 Å². The summed E-state index contributed by atoms with van der Waals surface area (Å²) in [5, 5.41) is 12.2. The first-order valence-electron chi connectivity index (χ1n) is 6.20. The number of amides is 1. The van der Waals surface area contributed by atoms with Crippen LogP contribution in [0.3, 0.4) is 0 Å². The molecule has 0 radical (unpaired) electrons.